The number of piperazine rings is 1. The standard InChI is InChI=1S/C35H41Cl2FN4O4/c1-2-46-32-9-5-8-31(38)29(32)23-41-18-20-42(21-19-41)34(43)33(39-35(44)45)24-12-15-40(16-13-24)17-14-25-22-26(36)10-11-27(25)28-6-3-4-7-30(28)37/h3-11,22,24,33,39H,2,12-21,23H2,1H3,(H,44,45)/t33-/m1/s1. The second-order valence-electron chi connectivity index (χ2n) is 11.9. The Labute approximate surface area is 280 Å². The number of carboxylic acid groups (broad SMARTS) is 1. The number of carbonyl (C=O) groups excluding carboxylic acids is 1. The van der Waals surface area contributed by atoms with Gasteiger partial charge in [-0.05, 0) is 86.7 Å². The van der Waals surface area contributed by atoms with Crippen LogP contribution in [-0.4, -0.2) is 90.3 Å². The number of carbonyl (C=O) groups is 2. The Morgan fingerprint density at radius 3 is 2.39 bits per heavy atom. The molecule has 3 aromatic rings. The molecule has 0 aliphatic carbocycles. The van der Waals surface area contributed by atoms with Crippen LogP contribution in [0.3, 0.4) is 0 Å². The van der Waals surface area contributed by atoms with Gasteiger partial charge in [-0.3, -0.25) is 9.69 Å². The monoisotopic (exact) mass is 670 g/mol. The van der Waals surface area contributed by atoms with E-state index in [-0.39, 0.29) is 17.6 Å². The Morgan fingerprint density at radius 1 is 0.957 bits per heavy atom. The molecule has 0 bridgehead atoms. The van der Waals surface area contributed by atoms with Gasteiger partial charge < -0.3 is 25.0 Å². The first-order valence-electron chi connectivity index (χ1n) is 15.9. The molecule has 46 heavy (non-hydrogen) atoms. The predicted molar refractivity (Wildman–Crippen MR) is 179 cm³/mol. The van der Waals surface area contributed by atoms with Crippen molar-refractivity contribution in [2.45, 2.75) is 38.8 Å². The van der Waals surface area contributed by atoms with Crippen molar-refractivity contribution >= 4 is 35.2 Å². The zero-order valence-corrected chi connectivity index (χ0v) is 27.6. The number of piperidine rings is 1. The molecule has 2 fully saturated rings. The van der Waals surface area contributed by atoms with E-state index in [4.69, 9.17) is 27.9 Å². The summed E-state index contributed by atoms with van der Waals surface area (Å²) in [6, 6.07) is 17.7. The first kappa shape index (κ1) is 34.0. The van der Waals surface area contributed by atoms with Gasteiger partial charge in [0.2, 0.25) is 5.91 Å². The Kier molecular flexibility index (Phi) is 11.8. The molecule has 0 spiro atoms. The number of nitrogens with one attached hydrogen (secondary N) is 1. The Balaban J connectivity index is 1.16. The topological polar surface area (TPSA) is 85.3 Å². The molecule has 2 N–H and O–H groups in total. The average Bonchev–Trinajstić information content (AvgIpc) is 3.05. The van der Waals surface area contributed by atoms with E-state index >= 15 is 0 Å². The first-order chi connectivity index (χ1) is 22.2. The SMILES string of the molecule is CCOc1cccc(F)c1CN1CCN(C(=O)[C@H](NC(=O)O)C2CCN(CCc3cc(Cl)ccc3-c3ccccc3Cl)CC2)CC1. The fraction of sp³-hybridized carbons (Fsp3) is 0.429. The number of rotatable bonds is 11. The lowest BCUT2D eigenvalue weighted by Crippen LogP contribution is -2.58. The maximum atomic E-state index is 14.6. The summed E-state index contributed by atoms with van der Waals surface area (Å²) >= 11 is 12.9. The molecular weight excluding hydrogens is 630 g/mol. The van der Waals surface area contributed by atoms with Crippen LogP contribution < -0.4 is 10.1 Å². The zero-order valence-electron chi connectivity index (χ0n) is 26.1. The first-order valence-corrected chi connectivity index (χ1v) is 16.7. The molecule has 2 saturated heterocycles. The summed E-state index contributed by atoms with van der Waals surface area (Å²) in [7, 11) is 0. The lowest BCUT2D eigenvalue weighted by Gasteiger charge is -2.40. The highest BCUT2D eigenvalue weighted by atomic mass is 35.5. The third kappa shape index (κ3) is 8.50. The third-order valence-corrected chi connectivity index (χ3v) is 9.58. The highest BCUT2D eigenvalue weighted by Crippen LogP contribution is 2.33. The van der Waals surface area contributed by atoms with Gasteiger partial charge in [-0.1, -0.05) is 53.5 Å². The van der Waals surface area contributed by atoms with Crippen LogP contribution in [0.1, 0.15) is 30.9 Å². The van der Waals surface area contributed by atoms with Gasteiger partial charge in [0.15, 0.2) is 0 Å². The molecule has 0 unspecified atom stereocenters. The number of likely N-dealkylation sites (tertiary alicyclic amines) is 1. The Morgan fingerprint density at radius 2 is 1.70 bits per heavy atom. The number of hydrogen-bond donors (Lipinski definition) is 2. The van der Waals surface area contributed by atoms with Crippen molar-refractivity contribution in [2.24, 2.45) is 5.92 Å². The summed E-state index contributed by atoms with van der Waals surface area (Å²) in [5.74, 6) is -0.0682. The van der Waals surface area contributed by atoms with E-state index in [1.54, 1.807) is 17.0 Å². The molecular formula is C35H41Cl2FN4O4. The molecule has 8 nitrogen and oxygen atoms in total. The number of hydrogen-bond acceptors (Lipinski definition) is 5. The van der Waals surface area contributed by atoms with E-state index in [0.29, 0.717) is 73.5 Å². The van der Waals surface area contributed by atoms with Gasteiger partial charge >= 0.3 is 6.09 Å². The van der Waals surface area contributed by atoms with Crippen LogP contribution in [-0.2, 0) is 17.8 Å². The molecule has 0 radical (unpaired) electrons. The van der Waals surface area contributed by atoms with Gasteiger partial charge in [0, 0.05) is 60.4 Å². The van der Waals surface area contributed by atoms with Crippen molar-refractivity contribution in [1.29, 1.82) is 0 Å². The minimum Gasteiger partial charge on any atom is -0.493 e. The second kappa shape index (κ2) is 16.0. The highest BCUT2D eigenvalue weighted by molar-refractivity contribution is 6.33. The average molecular weight is 672 g/mol. The maximum absolute atomic E-state index is 14.6. The predicted octanol–water partition coefficient (Wildman–Crippen LogP) is 6.43. The van der Waals surface area contributed by atoms with Crippen LogP contribution in [0.5, 0.6) is 5.75 Å². The maximum Gasteiger partial charge on any atom is 0.405 e. The normalized spacial score (nSPS) is 17.1. The van der Waals surface area contributed by atoms with Gasteiger partial charge in [0.05, 0.1) is 6.61 Å². The molecule has 2 aliphatic heterocycles. The summed E-state index contributed by atoms with van der Waals surface area (Å²) in [4.78, 5) is 31.6. The molecule has 3 aromatic carbocycles. The van der Waals surface area contributed by atoms with E-state index in [1.165, 1.54) is 6.07 Å². The van der Waals surface area contributed by atoms with E-state index in [2.05, 4.69) is 15.1 Å². The largest absolute Gasteiger partial charge is 0.493 e. The smallest absolute Gasteiger partial charge is 0.405 e. The minimum absolute atomic E-state index is 0.102. The van der Waals surface area contributed by atoms with Crippen molar-refractivity contribution in [3.8, 4) is 16.9 Å². The van der Waals surface area contributed by atoms with Gasteiger partial charge in [-0.15, -0.1) is 0 Å². The minimum atomic E-state index is -1.20. The van der Waals surface area contributed by atoms with Crippen LogP contribution in [0.4, 0.5) is 9.18 Å². The van der Waals surface area contributed by atoms with Crippen molar-refractivity contribution < 1.29 is 23.8 Å². The molecule has 2 aliphatic rings. The number of amides is 2. The van der Waals surface area contributed by atoms with Crippen molar-refractivity contribution in [3.63, 3.8) is 0 Å². The molecule has 5 rings (SSSR count). The molecule has 1 atom stereocenters. The summed E-state index contributed by atoms with van der Waals surface area (Å²) in [6.45, 7) is 7.03. The molecule has 0 aromatic heterocycles. The molecule has 2 amide bonds. The van der Waals surface area contributed by atoms with E-state index < -0.39 is 12.1 Å². The van der Waals surface area contributed by atoms with Crippen LogP contribution in [0.15, 0.2) is 60.7 Å². The van der Waals surface area contributed by atoms with Crippen LogP contribution in [0.2, 0.25) is 10.0 Å². The van der Waals surface area contributed by atoms with Gasteiger partial charge in [0.25, 0.3) is 0 Å². The molecule has 11 heteroatoms. The van der Waals surface area contributed by atoms with Crippen LogP contribution >= 0.6 is 23.2 Å². The lowest BCUT2D eigenvalue weighted by atomic mass is 9.88. The number of benzene rings is 3. The summed E-state index contributed by atoms with van der Waals surface area (Å²) in [5, 5.41) is 13.5. The Hall–Kier alpha value is -3.37. The highest BCUT2D eigenvalue weighted by Gasteiger charge is 2.36. The molecule has 246 valence electrons. The van der Waals surface area contributed by atoms with Gasteiger partial charge in [0.1, 0.15) is 17.6 Å². The van der Waals surface area contributed by atoms with E-state index in [9.17, 15) is 19.1 Å². The molecule has 2 heterocycles. The fourth-order valence-electron chi connectivity index (χ4n) is 6.54. The number of nitrogens with zero attached hydrogens (tertiary/aromatic N) is 3. The summed E-state index contributed by atoms with van der Waals surface area (Å²) < 4.78 is 20.2. The quantitative estimate of drug-likeness (QED) is 0.245. The van der Waals surface area contributed by atoms with Gasteiger partial charge in [-0.2, -0.15) is 0 Å². The van der Waals surface area contributed by atoms with Crippen molar-refractivity contribution in [2.75, 3.05) is 52.4 Å². The van der Waals surface area contributed by atoms with E-state index in [1.807, 2.05) is 49.4 Å². The summed E-state index contributed by atoms with van der Waals surface area (Å²) in [6.07, 6.45) is 0.995. The van der Waals surface area contributed by atoms with Crippen molar-refractivity contribution in [1.82, 2.24) is 20.0 Å². The van der Waals surface area contributed by atoms with Crippen LogP contribution in [0.25, 0.3) is 11.1 Å². The second-order valence-corrected chi connectivity index (χ2v) is 12.7. The van der Waals surface area contributed by atoms with Crippen molar-refractivity contribution in [3.05, 3.63) is 87.7 Å². The van der Waals surface area contributed by atoms with Crippen LogP contribution in [0, 0.1) is 11.7 Å². The molecule has 0 saturated carbocycles. The number of halogens is 3. The van der Waals surface area contributed by atoms with Gasteiger partial charge in [-0.25, -0.2) is 9.18 Å². The fourth-order valence-corrected chi connectivity index (χ4v) is 6.98. The Bertz CT molecular complexity index is 1510. The lowest BCUT2D eigenvalue weighted by molar-refractivity contribution is -0.137. The van der Waals surface area contributed by atoms with E-state index in [0.717, 1.165) is 42.7 Å². The zero-order chi connectivity index (χ0) is 32.6. The summed E-state index contributed by atoms with van der Waals surface area (Å²) in [5.41, 5.74) is 3.66. The number of ether oxygens (including phenoxy) is 1. The third-order valence-electron chi connectivity index (χ3n) is 9.02.